The lowest BCUT2D eigenvalue weighted by atomic mass is 10.00. The van der Waals surface area contributed by atoms with Crippen LogP contribution in [0.15, 0.2) is 42.5 Å². The largest absolute Gasteiger partial charge is 0.497 e. The number of nitrogen functional groups attached to an aromatic ring is 1. The van der Waals surface area contributed by atoms with Crippen LogP contribution in [0.3, 0.4) is 0 Å². The molecule has 0 aliphatic rings. The minimum Gasteiger partial charge on any atom is -0.497 e. The first-order valence-electron chi connectivity index (χ1n) is 5.66. The number of benzene rings is 2. The van der Waals surface area contributed by atoms with Crippen LogP contribution >= 0.6 is 0 Å². The third-order valence-electron chi connectivity index (χ3n) is 2.81. The van der Waals surface area contributed by atoms with Gasteiger partial charge in [-0.1, -0.05) is 11.6 Å². The summed E-state index contributed by atoms with van der Waals surface area (Å²) < 4.78 is 5.06. The maximum atomic E-state index is 12.3. The second-order valence-corrected chi connectivity index (χ2v) is 4.15. The molecule has 2 N–H and O–H groups in total. The van der Waals surface area contributed by atoms with E-state index in [0.29, 0.717) is 16.8 Å². The standard InChI is InChI=1S/C15H15NO2/c1-10-3-8-14(16)13(9-10)15(17)11-4-6-12(18-2)7-5-11/h3-9H,16H2,1-2H3. The first kappa shape index (κ1) is 12.2. The van der Waals surface area contributed by atoms with E-state index in [1.165, 1.54) is 0 Å². The molecule has 0 heterocycles. The summed E-state index contributed by atoms with van der Waals surface area (Å²) in [6, 6.07) is 12.5. The number of anilines is 1. The summed E-state index contributed by atoms with van der Waals surface area (Å²) in [6.45, 7) is 1.93. The topological polar surface area (TPSA) is 52.3 Å². The highest BCUT2D eigenvalue weighted by atomic mass is 16.5. The normalized spacial score (nSPS) is 10.1. The molecular weight excluding hydrogens is 226 g/mol. The van der Waals surface area contributed by atoms with Crippen molar-refractivity contribution in [2.75, 3.05) is 12.8 Å². The van der Waals surface area contributed by atoms with Crippen molar-refractivity contribution < 1.29 is 9.53 Å². The number of carbonyl (C=O) groups excluding carboxylic acids is 1. The van der Waals surface area contributed by atoms with Crippen LogP contribution in [0.25, 0.3) is 0 Å². The number of methoxy groups -OCH3 is 1. The lowest BCUT2D eigenvalue weighted by Gasteiger charge is -2.07. The monoisotopic (exact) mass is 241 g/mol. The van der Waals surface area contributed by atoms with Crippen LogP contribution in [0.2, 0.25) is 0 Å². The fourth-order valence-electron chi connectivity index (χ4n) is 1.76. The quantitative estimate of drug-likeness (QED) is 0.664. The molecule has 3 heteroatoms. The fraction of sp³-hybridized carbons (Fsp3) is 0.133. The number of rotatable bonds is 3. The van der Waals surface area contributed by atoms with Gasteiger partial charge in [-0.25, -0.2) is 0 Å². The maximum absolute atomic E-state index is 12.3. The van der Waals surface area contributed by atoms with Gasteiger partial charge >= 0.3 is 0 Å². The lowest BCUT2D eigenvalue weighted by Crippen LogP contribution is -2.05. The molecule has 0 aliphatic heterocycles. The van der Waals surface area contributed by atoms with Gasteiger partial charge in [0, 0.05) is 16.8 Å². The van der Waals surface area contributed by atoms with Crippen LogP contribution in [0.4, 0.5) is 5.69 Å². The zero-order chi connectivity index (χ0) is 13.1. The molecule has 0 fully saturated rings. The van der Waals surface area contributed by atoms with Gasteiger partial charge in [-0.2, -0.15) is 0 Å². The Balaban J connectivity index is 2.38. The highest BCUT2D eigenvalue weighted by Gasteiger charge is 2.12. The van der Waals surface area contributed by atoms with Crippen molar-refractivity contribution in [3.05, 3.63) is 59.2 Å². The van der Waals surface area contributed by atoms with E-state index in [4.69, 9.17) is 10.5 Å². The van der Waals surface area contributed by atoms with Crippen LogP contribution in [0, 0.1) is 6.92 Å². The zero-order valence-electron chi connectivity index (χ0n) is 10.4. The summed E-state index contributed by atoms with van der Waals surface area (Å²) in [7, 11) is 1.59. The van der Waals surface area contributed by atoms with E-state index in [0.717, 1.165) is 11.3 Å². The molecule has 0 unspecified atom stereocenters. The van der Waals surface area contributed by atoms with Crippen molar-refractivity contribution in [3.63, 3.8) is 0 Å². The highest BCUT2D eigenvalue weighted by Crippen LogP contribution is 2.20. The van der Waals surface area contributed by atoms with Gasteiger partial charge in [-0.05, 0) is 43.3 Å². The molecule has 0 aromatic heterocycles. The third-order valence-corrected chi connectivity index (χ3v) is 2.81. The molecule has 0 spiro atoms. The molecule has 0 bridgehead atoms. The second-order valence-electron chi connectivity index (χ2n) is 4.15. The molecule has 0 atom stereocenters. The number of ether oxygens (including phenoxy) is 1. The number of hydrogen-bond acceptors (Lipinski definition) is 3. The molecule has 18 heavy (non-hydrogen) atoms. The average Bonchev–Trinajstić information content (AvgIpc) is 2.41. The minimum absolute atomic E-state index is 0.0705. The van der Waals surface area contributed by atoms with Gasteiger partial charge in [0.05, 0.1) is 7.11 Å². The van der Waals surface area contributed by atoms with Crippen molar-refractivity contribution in [1.82, 2.24) is 0 Å². The Morgan fingerprint density at radius 2 is 1.78 bits per heavy atom. The smallest absolute Gasteiger partial charge is 0.195 e. The fourth-order valence-corrected chi connectivity index (χ4v) is 1.76. The zero-order valence-corrected chi connectivity index (χ0v) is 10.4. The molecule has 2 rings (SSSR count). The van der Waals surface area contributed by atoms with Crippen molar-refractivity contribution in [3.8, 4) is 5.75 Å². The summed E-state index contributed by atoms with van der Waals surface area (Å²) in [6.07, 6.45) is 0. The molecule has 0 saturated heterocycles. The summed E-state index contributed by atoms with van der Waals surface area (Å²) in [5, 5.41) is 0. The van der Waals surface area contributed by atoms with E-state index in [-0.39, 0.29) is 5.78 Å². The Hall–Kier alpha value is -2.29. The summed E-state index contributed by atoms with van der Waals surface area (Å²) in [5.41, 5.74) is 8.50. The van der Waals surface area contributed by atoms with E-state index >= 15 is 0 Å². The molecule has 0 amide bonds. The van der Waals surface area contributed by atoms with Crippen LogP contribution in [-0.2, 0) is 0 Å². The molecule has 3 nitrogen and oxygen atoms in total. The molecule has 0 radical (unpaired) electrons. The minimum atomic E-state index is -0.0705. The average molecular weight is 241 g/mol. The van der Waals surface area contributed by atoms with Crippen molar-refractivity contribution in [2.24, 2.45) is 0 Å². The number of carbonyl (C=O) groups is 1. The molecule has 2 aromatic carbocycles. The third kappa shape index (κ3) is 2.35. The molecule has 92 valence electrons. The summed E-state index contributed by atoms with van der Waals surface area (Å²) in [5.74, 6) is 0.655. The van der Waals surface area contributed by atoms with Crippen LogP contribution in [-0.4, -0.2) is 12.9 Å². The van der Waals surface area contributed by atoms with Crippen LogP contribution < -0.4 is 10.5 Å². The second kappa shape index (κ2) is 4.92. The van der Waals surface area contributed by atoms with Gasteiger partial charge in [0.15, 0.2) is 5.78 Å². The van der Waals surface area contributed by atoms with E-state index in [9.17, 15) is 4.79 Å². The van der Waals surface area contributed by atoms with E-state index in [1.807, 2.05) is 19.1 Å². The molecule has 0 saturated carbocycles. The molecular formula is C15H15NO2. The predicted molar refractivity (Wildman–Crippen MR) is 72.0 cm³/mol. The van der Waals surface area contributed by atoms with Gasteiger partial charge < -0.3 is 10.5 Å². The van der Waals surface area contributed by atoms with Crippen molar-refractivity contribution >= 4 is 11.5 Å². The first-order valence-corrected chi connectivity index (χ1v) is 5.66. The first-order chi connectivity index (χ1) is 8.61. The Morgan fingerprint density at radius 3 is 2.39 bits per heavy atom. The number of aryl methyl sites for hydroxylation is 1. The Kier molecular flexibility index (Phi) is 3.33. The lowest BCUT2D eigenvalue weighted by molar-refractivity contribution is 0.103. The summed E-state index contributed by atoms with van der Waals surface area (Å²) in [4.78, 5) is 12.3. The number of nitrogens with two attached hydrogens (primary N) is 1. The van der Waals surface area contributed by atoms with Crippen LogP contribution in [0.5, 0.6) is 5.75 Å². The maximum Gasteiger partial charge on any atom is 0.195 e. The highest BCUT2D eigenvalue weighted by molar-refractivity contribution is 6.12. The SMILES string of the molecule is COc1ccc(C(=O)c2cc(C)ccc2N)cc1. The number of ketones is 1. The van der Waals surface area contributed by atoms with Crippen LogP contribution in [0.1, 0.15) is 21.5 Å². The van der Waals surface area contributed by atoms with Gasteiger partial charge in [0.25, 0.3) is 0 Å². The van der Waals surface area contributed by atoms with Crippen molar-refractivity contribution in [1.29, 1.82) is 0 Å². The Bertz CT molecular complexity index is 574. The molecule has 0 aliphatic carbocycles. The van der Waals surface area contributed by atoms with Gasteiger partial charge in [-0.3, -0.25) is 4.79 Å². The van der Waals surface area contributed by atoms with E-state index in [1.54, 1.807) is 37.4 Å². The Morgan fingerprint density at radius 1 is 1.11 bits per heavy atom. The van der Waals surface area contributed by atoms with Crippen molar-refractivity contribution in [2.45, 2.75) is 6.92 Å². The predicted octanol–water partition coefficient (Wildman–Crippen LogP) is 2.82. The van der Waals surface area contributed by atoms with Gasteiger partial charge in [-0.15, -0.1) is 0 Å². The summed E-state index contributed by atoms with van der Waals surface area (Å²) >= 11 is 0. The van der Waals surface area contributed by atoms with E-state index in [2.05, 4.69) is 0 Å². The molecule has 2 aromatic rings. The van der Waals surface area contributed by atoms with Gasteiger partial charge in [0.1, 0.15) is 5.75 Å². The van der Waals surface area contributed by atoms with E-state index < -0.39 is 0 Å². The number of hydrogen-bond donors (Lipinski definition) is 1. The van der Waals surface area contributed by atoms with Gasteiger partial charge in [0.2, 0.25) is 0 Å². The Labute approximate surface area is 106 Å².